The van der Waals surface area contributed by atoms with E-state index in [1.54, 1.807) is 0 Å². The molecule has 5 nitrogen and oxygen atoms in total. The maximum absolute atomic E-state index is 7.43. The summed E-state index contributed by atoms with van der Waals surface area (Å²) in [5, 5.41) is 14.9. The van der Waals surface area contributed by atoms with Gasteiger partial charge < -0.3 is 19.6 Å². The first kappa shape index (κ1) is 17.8. The van der Waals surface area contributed by atoms with Gasteiger partial charge in [-0.15, -0.1) is 6.01 Å². The fourth-order valence-corrected chi connectivity index (χ4v) is 2.25. The van der Waals surface area contributed by atoms with Gasteiger partial charge in [0.05, 0.1) is 31.9 Å². The third-order valence-corrected chi connectivity index (χ3v) is 3.28. The molecule has 108 valence electrons. The van der Waals surface area contributed by atoms with Crippen molar-refractivity contribution >= 4 is 6.01 Å². The smallest absolute Gasteiger partial charge is 0.183 e. The lowest BCUT2D eigenvalue weighted by Gasteiger charge is -2.34. The molecule has 19 heavy (non-hydrogen) atoms. The molecule has 0 amide bonds. The normalized spacial score (nSPS) is 16.2. The van der Waals surface area contributed by atoms with Gasteiger partial charge >= 0.3 is 0 Å². The monoisotopic (exact) mass is 266 g/mol. The van der Waals surface area contributed by atoms with Crippen molar-refractivity contribution in [3.8, 4) is 6.19 Å². The van der Waals surface area contributed by atoms with Gasteiger partial charge in [-0.25, -0.2) is 0 Å². The van der Waals surface area contributed by atoms with Gasteiger partial charge in [0.25, 0.3) is 0 Å². The SMILES string of the molecule is CCCC[N+]1(COC(C)C)CCCC1.N#CN=C=[N-]. The molecule has 1 rings (SSSR count). The van der Waals surface area contributed by atoms with E-state index in [0.29, 0.717) is 6.10 Å². The van der Waals surface area contributed by atoms with Crippen LogP contribution in [-0.4, -0.2) is 43.0 Å². The van der Waals surface area contributed by atoms with Gasteiger partial charge in [0, 0.05) is 12.8 Å². The Bertz CT molecular complexity index is 310. The maximum atomic E-state index is 7.43. The molecule has 1 heterocycles. The lowest BCUT2D eigenvalue weighted by molar-refractivity contribution is -0.935. The number of nitriles is 1. The molecule has 1 aliphatic heterocycles. The molecule has 0 aromatic heterocycles. The molecule has 0 N–H and O–H groups in total. The van der Waals surface area contributed by atoms with E-state index in [4.69, 9.17) is 15.4 Å². The van der Waals surface area contributed by atoms with Gasteiger partial charge in [0.2, 0.25) is 0 Å². The summed E-state index contributed by atoms with van der Waals surface area (Å²) in [7, 11) is 0. The fourth-order valence-electron chi connectivity index (χ4n) is 2.25. The summed E-state index contributed by atoms with van der Waals surface area (Å²) < 4.78 is 7.03. The van der Waals surface area contributed by atoms with Crippen LogP contribution in [0.4, 0.5) is 0 Å². The van der Waals surface area contributed by atoms with Crippen LogP contribution < -0.4 is 0 Å². The van der Waals surface area contributed by atoms with Gasteiger partial charge in [-0.1, -0.05) is 13.3 Å². The highest BCUT2D eigenvalue weighted by Crippen LogP contribution is 2.20. The molecule has 0 spiro atoms. The highest BCUT2D eigenvalue weighted by atomic mass is 16.5. The zero-order chi connectivity index (χ0) is 14.6. The third kappa shape index (κ3) is 8.50. The largest absolute Gasteiger partial charge is 0.422 e. The van der Waals surface area contributed by atoms with Crippen LogP contribution in [0.1, 0.15) is 46.5 Å². The summed E-state index contributed by atoms with van der Waals surface area (Å²) >= 11 is 0. The van der Waals surface area contributed by atoms with Crippen LogP contribution in [-0.2, 0) is 4.74 Å². The second-order valence-corrected chi connectivity index (χ2v) is 5.23. The van der Waals surface area contributed by atoms with Gasteiger partial charge in [-0.05, 0) is 20.3 Å². The van der Waals surface area contributed by atoms with Gasteiger partial charge in [0.1, 0.15) is 0 Å². The maximum Gasteiger partial charge on any atom is 0.183 e. The number of hydrogen-bond acceptors (Lipinski definition) is 3. The van der Waals surface area contributed by atoms with Crippen LogP contribution in [0.2, 0.25) is 0 Å². The van der Waals surface area contributed by atoms with E-state index in [1.165, 1.54) is 62.0 Å². The van der Waals surface area contributed by atoms with Gasteiger partial charge in [0.15, 0.2) is 6.73 Å². The van der Waals surface area contributed by atoms with Crippen molar-refractivity contribution in [3.05, 3.63) is 5.41 Å². The number of hydrogen-bond donors (Lipinski definition) is 0. The standard InChI is InChI=1S/C12H26NO.C2N3/c1-4-5-8-13(9-6-7-10-13)11-14-12(2)3;3-1-5-2-4/h12H,4-11H2,1-3H3;/q+1;-1. The van der Waals surface area contributed by atoms with E-state index in [1.807, 2.05) is 0 Å². The van der Waals surface area contributed by atoms with Crippen LogP contribution >= 0.6 is 0 Å². The van der Waals surface area contributed by atoms with Crippen LogP contribution in [0.5, 0.6) is 0 Å². The van der Waals surface area contributed by atoms with Crippen molar-refractivity contribution in [1.82, 2.24) is 0 Å². The summed E-state index contributed by atoms with van der Waals surface area (Å²) in [6.45, 7) is 11.5. The molecule has 0 radical (unpaired) electrons. The molecule has 0 aliphatic carbocycles. The Hall–Kier alpha value is -1.21. The molecule has 0 aromatic carbocycles. The molecule has 0 saturated carbocycles. The second-order valence-electron chi connectivity index (χ2n) is 5.23. The van der Waals surface area contributed by atoms with Gasteiger partial charge in [-0.2, -0.15) is 5.26 Å². The Balaban J connectivity index is 0.000000555. The molecule has 1 fully saturated rings. The van der Waals surface area contributed by atoms with Crippen molar-refractivity contribution in [2.24, 2.45) is 4.99 Å². The van der Waals surface area contributed by atoms with E-state index in [9.17, 15) is 0 Å². The van der Waals surface area contributed by atoms with Crippen LogP contribution in [0, 0.1) is 11.5 Å². The molecule has 1 saturated heterocycles. The summed E-state index contributed by atoms with van der Waals surface area (Å²) in [4.78, 5) is 2.58. The first-order valence-electron chi connectivity index (χ1n) is 7.05. The predicted molar refractivity (Wildman–Crippen MR) is 76.5 cm³/mol. The summed E-state index contributed by atoms with van der Waals surface area (Å²) in [5.74, 6) is 0. The van der Waals surface area contributed by atoms with E-state index in [2.05, 4.69) is 25.8 Å². The van der Waals surface area contributed by atoms with E-state index >= 15 is 0 Å². The van der Waals surface area contributed by atoms with Crippen molar-refractivity contribution in [2.45, 2.75) is 52.6 Å². The highest BCUT2D eigenvalue weighted by Gasteiger charge is 2.31. The Morgan fingerprint density at radius 3 is 2.37 bits per heavy atom. The minimum Gasteiger partial charge on any atom is -0.422 e. The molecule has 1 aliphatic rings. The summed E-state index contributed by atoms with van der Waals surface area (Å²) in [6.07, 6.45) is 7.11. The average Bonchev–Trinajstić information content (AvgIpc) is 2.85. The van der Waals surface area contributed by atoms with Gasteiger partial charge in [-0.3, -0.25) is 0 Å². The predicted octanol–water partition coefficient (Wildman–Crippen LogP) is 2.99. The third-order valence-electron chi connectivity index (χ3n) is 3.28. The van der Waals surface area contributed by atoms with E-state index < -0.39 is 0 Å². The van der Waals surface area contributed by atoms with Crippen molar-refractivity contribution < 1.29 is 9.22 Å². The van der Waals surface area contributed by atoms with E-state index in [-0.39, 0.29) is 0 Å². The number of rotatable bonds is 6. The molecule has 0 bridgehead atoms. The minimum absolute atomic E-state index is 0.382. The van der Waals surface area contributed by atoms with Crippen molar-refractivity contribution in [1.29, 1.82) is 5.26 Å². The molecule has 0 unspecified atom stereocenters. The zero-order valence-corrected chi connectivity index (χ0v) is 12.4. The summed E-state index contributed by atoms with van der Waals surface area (Å²) in [5.41, 5.74) is 0. The summed E-state index contributed by atoms with van der Waals surface area (Å²) in [6, 6.07) is 1.28. The Kier molecular flexibility index (Phi) is 10.0. The second kappa shape index (κ2) is 10.7. The minimum atomic E-state index is 0.382. The molecule has 0 aromatic rings. The molecule has 0 atom stereocenters. The first-order chi connectivity index (χ1) is 9.10. The van der Waals surface area contributed by atoms with Crippen molar-refractivity contribution in [2.75, 3.05) is 26.4 Å². The number of quaternary nitrogens is 1. The number of aliphatic imine (C=N–C) groups is 1. The average molecular weight is 266 g/mol. The Labute approximate surface area is 117 Å². The van der Waals surface area contributed by atoms with E-state index in [0.717, 1.165) is 6.73 Å². The first-order valence-corrected chi connectivity index (χ1v) is 7.05. The lowest BCUT2D eigenvalue weighted by atomic mass is 10.3. The molecule has 5 heteroatoms. The number of ether oxygens (including phenoxy) is 1. The van der Waals surface area contributed by atoms with Crippen LogP contribution in [0.15, 0.2) is 4.99 Å². The number of likely N-dealkylation sites (tertiary alicyclic amines) is 1. The van der Waals surface area contributed by atoms with Crippen molar-refractivity contribution in [3.63, 3.8) is 0 Å². The highest BCUT2D eigenvalue weighted by molar-refractivity contribution is 5.46. The van der Waals surface area contributed by atoms with Crippen LogP contribution in [0.3, 0.4) is 0 Å². The van der Waals surface area contributed by atoms with Crippen LogP contribution in [0.25, 0.3) is 5.41 Å². The number of nitrogens with zero attached hydrogens (tertiary/aromatic N) is 4. The topological polar surface area (TPSA) is 67.7 Å². The Morgan fingerprint density at radius 2 is 2.00 bits per heavy atom. The fraction of sp³-hybridized carbons (Fsp3) is 0.857. The Morgan fingerprint density at radius 1 is 1.37 bits per heavy atom. The zero-order valence-electron chi connectivity index (χ0n) is 12.4. The quantitative estimate of drug-likeness (QED) is 0.421. The lowest BCUT2D eigenvalue weighted by Crippen LogP contribution is -2.48. The molecular weight excluding hydrogens is 240 g/mol. The number of unbranched alkanes of at least 4 members (excludes halogenated alkanes) is 1. The molecular formula is C14H26N4O.